The second kappa shape index (κ2) is 5.82. The van der Waals surface area contributed by atoms with Gasteiger partial charge in [0.05, 0.1) is 14.2 Å². The molecule has 1 aromatic heterocycles. The number of carbonyl (C=O) groups is 2. The average Bonchev–Trinajstić information content (AvgIpc) is 2.47. The molecule has 1 heterocycles. The Morgan fingerprint density at radius 2 is 2.00 bits per heavy atom. The molecule has 19 heavy (non-hydrogen) atoms. The Labute approximate surface area is 111 Å². The molecule has 0 amide bonds. The van der Waals surface area contributed by atoms with Crippen LogP contribution in [0.1, 0.15) is 30.0 Å². The van der Waals surface area contributed by atoms with Crippen molar-refractivity contribution in [2.24, 2.45) is 5.92 Å². The van der Waals surface area contributed by atoms with Crippen molar-refractivity contribution in [3.63, 3.8) is 0 Å². The van der Waals surface area contributed by atoms with E-state index in [1.807, 2.05) is 12.1 Å². The van der Waals surface area contributed by atoms with Crippen molar-refractivity contribution in [2.75, 3.05) is 14.2 Å². The third-order valence-electron chi connectivity index (χ3n) is 3.55. The molecule has 0 aromatic carbocycles. The van der Waals surface area contributed by atoms with Gasteiger partial charge >= 0.3 is 11.9 Å². The van der Waals surface area contributed by atoms with Crippen molar-refractivity contribution in [3.05, 3.63) is 29.6 Å². The lowest BCUT2D eigenvalue weighted by molar-refractivity contribution is -0.160. The first-order chi connectivity index (χ1) is 9.19. The quantitative estimate of drug-likeness (QED) is 0.610. The van der Waals surface area contributed by atoms with Crippen LogP contribution < -0.4 is 0 Å². The Hall–Kier alpha value is -1.91. The maximum atomic E-state index is 11.9. The van der Waals surface area contributed by atoms with Crippen molar-refractivity contribution in [1.82, 2.24) is 4.98 Å². The molecule has 0 bridgehead atoms. The molecule has 0 saturated carbocycles. The van der Waals surface area contributed by atoms with E-state index in [-0.39, 0.29) is 5.92 Å². The van der Waals surface area contributed by atoms with Crippen molar-refractivity contribution >= 4 is 11.9 Å². The summed E-state index contributed by atoms with van der Waals surface area (Å²) < 4.78 is 9.47. The van der Waals surface area contributed by atoms with E-state index in [4.69, 9.17) is 9.47 Å². The largest absolute Gasteiger partial charge is 0.468 e. The summed E-state index contributed by atoms with van der Waals surface area (Å²) >= 11 is 0. The number of nitrogens with zero attached hydrogens (tertiary/aromatic N) is 1. The van der Waals surface area contributed by atoms with E-state index in [0.29, 0.717) is 0 Å². The van der Waals surface area contributed by atoms with E-state index in [0.717, 1.165) is 30.5 Å². The van der Waals surface area contributed by atoms with Crippen LogP contribution in [0.5, 0.6) is 0 Å². The highest BCUT2D eigenvalue weighted by Crippen LogP contribution is 2.36. The number of methoxy groups -OCH3 is 2. The normalized spacial score (nSPS) is 17.7. The fraction of sp³-hybridized carbons (Fsp3) is 0.500. The van der Waals surface area contributed by atoms with E-state index >= 15 is 0 Å². The van der Waals surface area contributed by atoms with Crippen LogP contribution in [-0.4, -0.2) is 31.1 Å². The summed E-state index contributed by atoms with van der Waals surface area (Å²) in [6, 6.07) is 3.85. The van der Waals surface area contributed by atoms with Gasteiger partial charge < -0.3 is 9.47 Å². The first kappa shape index (κ1) is 13.5. The van der Waals surface area contributed by atoms with Gasteiger partial charge in [-0.3, -0.25) is 14.6 Å². The summed E-state index contributed by atoms with van der Waals surface area (Å²) in [6.45, 7) is 0. The van der Waals surface area contributed by atoms with E-state index in [9.17, 15) is 9.59 Å². The Kier molecular flexibility index (Phi) is 4.14. The van der Waals surface area contributed by atoms with Crippen molar-refractivity contribution in [1.29, 1.82) is 0 Å². The maximum absolute atomic E-state index is 11.9. The van der Waals surface area contributed by atoms with Crippen LogP contribution in [0.2, 0.25) is 0 Å². The maximum Gasteiger partial charge on any atom is 0.320 e. The van der Waals surface area contributed by atoms with Gasteiger partial charge in [0.25, 0.3) is 0 Å². The molecule has 0 aliphatic heterocycles. The number of rotatable bonds is 3. The lowest BCUT2D eigenvalue weighted by Gasteiger charge is -2.28. The Balaban J connectivity index is 2.38. The van der Waals surface area contributed by atoms with Crippen molar-refractivity contribution < 1.29 is 19.1 Å². The predicted octanol–water partition coefficient (Wildman–Crippen LogP) is 1.46. The molecular formula is C14H17NO4. The minimum absolute atomic E-state index is 0.259. The van der Waals surface area contributed by atoms with Gasteiger partial charge in [-0.2, -0.15) is 0 Å². The fourth-order valence-electron chi connectivity index (χ4n) is 2.65. The number of aryl methyl sites for hydroxylation is 1. The predicted molar refractivity (Wildman–Crippen MR) is 67.4 cm³/mol. The first-order valence-electron chi connectivity index (χ1n) is 6.28. The van der Waals surface area contributed by atoms with Gasteiger partial charge in [-0.25, -0.2) is 0 Å². The number of hydrogen-bond donors (Lipinski definition) is 0. The molecule has 0 fully saturated rings. The molecule has 1 atom stereocenters. The van der Waals surface area contributed by atoms with E-state index < -0.39 is 17.9 Å². The molecule has 1 aliphatic carbocycles. The molecule has 0 spiro atoms. The summed E-state index contributed by atoms with van der Waals surface area (Å²) in [4.78, 5) is 28.1. The second-order valence-electron chi connectivity index (χ2n) is 4.57. The number of ether oxygens (including phenoxy) is 2. The molecular weight excluding hydrogens is 246 g/mol. The number of carbonyl (C=O) groups excluding carboxylic acids is 2. The zero-order valence-corrected chi connectivity index (χ0v) is 11.1. The second-order valence-corrected chi connectivity index (χ2v) is 4.57. The highest BCUT2D eigenvalue weighted by atomic mass is 16.5. The van der Waals surface area contributed by atoms with Gasteiger partial charge in [0.2, 0.25) is 0 Å². The topological polar surface area (TPSA) is 65.5 Å². The first-order valence-corrected chi connectivity index (χ1v) is 6.28. The van der Waals surface area contributed by atoms with Gasteiger partial charge in [0, 0.05) is 17.8 Å². The molecule has 1 aliphatic rings. The van der Waals surface area contributed by atoms with Gasteiger partial charge in [0.15, 0.2) is 5.92 Å². The van der Waals surface area contributed by atoms with Crippen LogP contribution in [0, 0.1) is 5.92 Å². The summed E-state index contributed by atoms with van der Waals surface area (Å²) in [5.41, 5.74) is 1.91. The zero-order valence-electron chi connectivity index (χ0n) is 11.1. The SMILES string of the molecule is COC(=O)C(C(=O)OC)[C@@H]1CCCc2cccnc21. The highest BCUT2D eigenvalue weighted by molar-refractivity contribution is 5.96. The number of esters is 2. The van der Waals surface area contributed by atoms with Crippen LogP contribution in [-0.2, 0) is 25.5 Å². The minimum Gasteiger partial charge on any atom is -0.468 e. The van der Waals surface area contributed by atoms with Crippen LogP contribution in [0.4, 0.5) is 0 Å². The molecule has 5 nitrogen and oxygen atoms in total. The van der Waals surface area contributed by atoms with Crippen molar-refractivity contribution in [3.8, 4) is 0 Å². The molecule has 0 saturated heterocycles. The van der Waals surface area contributed by atoms with Gasteiger partial charge in [0.1, 0.15) is 0 Å². The molecule has 0 N–H and O–H groups in total. The van der Waals surface area contributed by atoms with E-state index in [1.165, 1.54) is 14.2 Å². The summed E-state index contributed by atoms with van der Waals surface area (Å²) in [5.74, 6) is -2.31. The van der Waals surface area contributed by atoms with Crippen LogP contribution in [0.3, 0.4) is 0 Å². The molecule has 2 rings (SSSR count). The minimum atomic E-state index is -0.927. The number of hydrogen-bond acceptors (Lipinski definition) is 5. The highest BCUT2D eigenvalue weighted by Gasteiger charge is 2.40. The van der Waals surface area contributed by atoms with Crippen LogP contribution in [0.25, 0.3) is 0 Å². The Bertz CT molecular complexity index is 470. The molecule has 1 aromatic rings. The Morgan fingerprint density at radius 1 is 1.32 bits per heavy atom. The monoisotopic (exact) mass is 263 g/mol. The standard InChI is InChI=1S/C14H17NO4/c1-18-13(16)11(14(17)19-2)10-7-3-5-9-6-4-8-15-12(9)10/h4,6,8,10-11H,3,5,7H2,1-2H3/t10-/m0/s1. The smallest absolute Gasteiger partial charge is 0.320 e. The molecule has 0 radical (unpaired) electrons. The van der Waals surface area contributed by atoms with Crippen LogP contribution in [0.15, 0.2) is 18.3 Å². The molecule has 0 unspecified atom stereocenters. The number of pyridine rings is 1. The van der Waals surface area contributed by atoms with Gasteiger partial charge in [-0.05, 0) is 30.9 Å². The van der Waals surface area contributed by atoms with E-state index in [1.54, 1.807) is 6.20 Å². The zero-order chi connectivity index (χ0) is 13.8. The summed E-state index contributed by atoms with van der Waals surface area (Å²) in [6.07, 6.45) is 4.27. The fourth-order valence-corrected chi connectivity index (χ4v) is 2.65. The number of aromatic nitrogens is 1. The third kappa shape index (κ3) is 2.59. The Morgan fingerprint density at radius 3 is 2.63 bits per heavy atom. The number of fused-ring (bicyclic) bond motifs is 1. The summed E-state index contributed by atoms with van der Waals surface area (Å²) in [5, 5.41) is 0. The van der Waals surface area contributed by atoms with Crippen LogP contribution >= 0.6 is 0 Å². The lowest BCUT2D eigenvalue weighted by atomic mass is 9.78. The average molecular weight is 263 g/mol. The molecule has 5 heteroatoms. The van der Waals surface area contributed by atoms with E-state index in [2.05, 4.69) is 4.98 Å². The van der Waals surface area contributed by atoms with Gasteiger partial charge in [-0.1, -0.05) is 6.07 Å². The summed E-state index contributed by atoms with van der Waals surface area (Å²) in [7, 11) is 2.56. The third-order valence-corrected chi connectivity index (χ3v) is 3.55. The lowest BCUT2D eigenvalue weighted by Crippen LogP contribution is -2.34. The van der Waals surface area contributed by atoms with Crippen molar-refractivity contribution in [2.45, 2.75) is 25.2 Å². The van der Waals surface area contributed by atoms with Gasteiger partial charge in [-0.15, -0.1) is 0 Å². The molecule has 102 valence electrons.